The van der Waals surface area contributed by atoms with E-state index in [0.717, 1.165) is 18.2 Å². The second-order valence-corrected chi connectivity index (χ2v) is 4.09. The molecule has 1 aliphatic heterocycles. The molecule has 2 aromatic rings. The molecule has 18 heavy (non-hydrogen) atoms. The summed E-state index contributed by atoms with van der Waals surface area (Å²) in [5.41, 5.74) is 1.04. The zero-order valence-corrected chi connectivity index (χ0v) is 9.90. The molecule has 2 aromatic heterocycles. The summed E-state index contributed by atoms with van der Waals surface area (Å²) in [5.74, 6) is 0.945. The Morgan fingerprint density at radius 3 is 2.50 bits per heavy atom. The summed E-state index contributed by atoms with van der Waals surface area (Å²) >= 11 is 0. The van der Waals surface area contributed by atoms with Gasteiger partial charge in [-0.25, -0.2) is 4.98 Å². The van der Waals surface area contributed by atoms with Crippen molar-refractivity contribution < 1.29 is 0 Å². The molecule has 90 valence electrons. The lowest BCUT2D eigenvalue weighted by molar-refractivity contribution is 0.584. The summed E-state index contributed by atoms with van der Waals surface area (Å²) < 4.78 is 0. The fourth-order valence-electron chi connectivity index (χ4n) is 1.95. The van der Waals surface area contributed by atoms with Gasteiger partial charge in [0.1, 0.15) is 5.82 Å². The van der Waals surface area contributed by atoms with Crippen LogP contribution in [0.15, 0.2) is 61.1 Å². The Bertz CT molecular complexity index is 475. The van der Waals surface area contributed by atoms with Crippen LogP contribution in [0.4, 0.5) is 5.82 Å². The Hall–Kier alpha value is -2.20. The second-order valence-electron chi connectivity index (χ2n) is 4.09. The van der Waals surface area contributed by atoms with E-state index in [1.165, 1.54) is 0 Å². The van der Waals surface area contributed by atoms with Crippen LogP contribution in [-0.2, 0) is 0 Å². The number of nitrogens with one attached hydrogen (secondary N) is 1. The molecular weight excluding hydrogens is 224 g/mol. The summed E-state index contributed by atoms with van der Waals surface area (Å²) in [6, 6.07) is 12.0. The Balaban J connectivity index is 1.76. The van der Waals surface area contributed by atoms with Gasteiger partial charge in [0.05, 0.1) is 18.4 Å². The summed E-state index contributed by atoms with van der Waals surface area (Å²) in [7, 11) is 0. The number of nitrogens with zero attached hydrogens (tertiary/aromatic N) is 3. The SMILES string of the molecule is C1=CN(c2ccccn2)CNC1c1ccccn1. The standard InChI is InChI=1S/C14H14N4/c1-3-8-15-12(5-1)13-7-10-18(11-17-13)14-6-2-4-9-16-14/h1-10,13,17H,11H2. The topological polar surface area (TPSA) is 41.1 Å². The zero-order chi connectivity index (χ0) is 12.2. The van der Waals surface area contributed by atoms with Crippen molar-refractivity contribution in [1.82, 2.24) is 15.3 Å². The van der Waals surface area contributed by atoms with Crippen molar-refractivity contribution in [2.24, 2.45) is 0 Å². The van der Waals surface area contributed by atoms with E-state index in [2.05, 4.69) is 32.5 Å². The maximum atomic E-state index is 4.35. The van der Waals surface area contributed by atoms with Crippen molar-refractivity contribution >= 4 is 5.82 Å². The highest BCUT2D eigenvalue weighted by atomic mass is 15.3. The molecule has 4 heteroatoms. The van der Waals surface area contributed by atoms with Gasteiger partial charge in [-0.3, -0.25) is 10.3 Å². The molecule has 0 fully saturated rings. The molecule has 4 nitrogen and oxygen atoms in total. The number of anilines is 1. The van der Waals surface area contributed by atoms with Gasteiger partial charge >= 0.3 is 0 Å². The van der Waals surface area contributed by atoms with Gasteiger partial charge in [-0.2, -0.15) is 0 Å². The van der Waals surface area contributed by atoms with Crippen LogP contribution in [0, 0.1) is 0 Å². The van der Waals surface area contributed by atoms with Crippen molar-refractivity contribution in [3.8, 4) is 0 Å². The van der Waals surface area contributed by atoms with Gasteiger partial charge < -0.3 is 4.90 Å². The van der Waals surface area contributed by atoms with E-state index in [-0.39, 0.29) is 6.04 Å². The quantitative estimate of drug-likeness (QED) is 0.870. The number of hydrogen-bond acceptors (Lipinski definition) is 4. The van der Waals surface area contributed by atoms with Crippen LogP contribution in [0.25, 0.3) is 0 Å². The first kappa shape index (κ1) is 10.9. The molecule has 0 aromatic carbocycles. The maximum Gasteiger partial charge on any atom is 0.133 e. The molecule has 0 radical (unpaired) electrons. The molecule has 1 atom stereocenters. The van der Waals surface area contributed by atoms with Gasteiger partial charge in [0.15, 0.2) is 0 Å². The van der Waals surface area contributed by atoms with Crippen molar-refractivity contribution in [2.75, 3.05) is 11.6 Å². The van der Waals surface area contributed by atoms with Gasteiger partial charge in [0.25, 0.3) is 0 Å². The smallest absolute Gasteiger partial charge is 0.133 e. The largest absolute Gasteiger partial charge is 0.320 e. The summed E-state index contributed by atoms with van der Waals surface area (Å²) in [4.78, 5) is 10.7. The summed E-state index contributed by atoms with van der Waals surface area (Å²) in [6.07, 6.45) is 7.77. The van der Waals surface area contributed by atoms with Gasteiger partial charge in [-0.15, -0.1) is 0 Å². The minimum atomic E-state index is 0.172. The lowest BCUT2D eigenvalue weighted by atomic mass is 10.1. The number of rotatable bonds is 2. The van der Waals surface area contributed by atoms with Gasteiger partial charge in [0.2, 0.25) is 0 Å². The van der Waals surface area contributed by atoms with Crippen LogP contribution < -0.4 is 10.2 Å². The molecule has 0 bridgehead atoms. The summed E-state index contributed by atoms with van der Waals surface area (Å²) in [6.45, 7) is 0.731. The van der Waals surface area contributed by atoms with E-state index in [1.54, 1.807) is 6.20 Å². The van der Waals surface area contributed by atoms with Crippen molar-refractivity contribution in [1.29, 1.82) is 0 Å². The zero-order valence-electron chi connectivity index (χ0n) is 9.90. The molecule has 0 saturated carbocycles. The van der Waals surface area contributed by atoms with Gasteiger partial charge in [-0.05, 0) is 30.3 Å². The van der Waals surface area contributed by atoms with Crippen LogP contribution in [-0.4, -0.2) is 16.6 Å². The van der Waals surface area contributed by atoms with Crippen LogP contribution >= 0.6 is 0 Å². The fraction of sp³-hybridized carbons (Fsp3) is 0.143. The average molecular weight is 238 g/mol. The average Bonchev–Trinajstić information content (AvgIpc) is 2.49. The van der Waals surface area contributed by atoms with Gasteiger partial charge in [-0.1, -0.05) is 12.1 Å². The number of pyridine rings is 2. The third kappa shape index (κ3) is 2.24. The highest BCUT2D eigenvalue weighted by molar-refractivity contribution is 5.42. The van der Waals surface area contributed by atoms with Crippen LogP contribution in [0.5, 0.6) is 0 Å². The number of hydrogen-bond donors (Lipinski definition) is 1. The molecule has 0 aliphatic carbocycles. The minimum Gasteiger partial charge on any atom is -0.320 e. The predicted octanol–water partition coefficient (Wildman–Crippen LogP) is 2.10. The highest BCUT2D eigenvalue weighted by Crippen LogP contribution is 2.18. The minimum absolute atomic E-state index is 0.172. The van der Waals surface area contributed by atoms with E-state index >= 15 is 0 Å². The molecule has 1 unspecified atom stereocenters. The summed E-state index contributed by atoms with van der Waals surface area (Å²) in [5, 5.41) is 3.42. The Kier molecular flexibility index (Phi) is 3.02. The van der Waals surface area contributed by atoms with E-state index in [0.29, 0.717) is 0 Å². The Morgan fingerprint density at radius 2 is 1.89 bits per heavy atom. The molecular formula is C14H14N4. The first-order chi connectivity index (χ1) is 8.93. The molecule has 1 N–H and O–H groups in total. The first-order valence-corrected chi connectivity index (χ1v) is 5.94. The predicted molar refractivity (Wildman–Crippen MR) is 70.8 cm³/mol. The van der Waals surface area contributed by atoms with Crippen LogP contribution in [0.2, 0.25) is 0 Å². The van der Waals surface area contributed by atoms with E-state index in [9.17, 15) is 0 Å². The number of aromatic nitrogens is 2. The maximum absolute atomic E-state index is 4.35. The second kappa shape index (κ2) is 4.98. The molecule has 1 aliphatic rings. The third-order valence-electron chi connectivity index (χ3n) is 2.89. The third-order valence-corrected chi connectivity index (χ3v) is 2.89. The first-order valence-electron chi connectivity index (χ1n) is 5.94. The fourth-order valence-corrected chi connectivity index (χ4v) is 1.95. The Labute approximate surface area is 106 Å². The van der Waals surface area contributed by atoms with E-state index < -0.39 is 0 Å². The monoisotopic (exact) mass is 238 g/mol. The Morgan fingerprint density at radius 1 is 1.06 bits per heavy atom. The molecule has 0 amide bonds. The molecule has 0 spiro atoms. The van der Waals surface area contributed by atoms with Crippen molar-refractivity contribution in [3.05, 3.63) is 66.8 Å². The highest BCUT2D eigenvalue weighted by Gasteiger charge is 2.15. The van der Waals surface area contributed by atoms with Crippen LogP contribution in [0.1, 0.15) is 11.7 Å². The van der Waals surface area contributed by atoms with Crippen molar-refractivity contribution in [2.45, 2.75) is 6.04 Å². The molecule has 0 saturated heterocycles. The lowest BCUT2D eigenvalue weighted by Crippen LogP contribution is -2.37. The van der Waals surface area contributed by atoms with Crippen molar-refractivity contribution in [3.63, 3.8) is 0 Å². The van der Waals surface area contributed by atoms with E-state index in [1.807, 2.05) is 42.6 Å². The normalized spacial score (nSPS) is 18.9. The molecule has 3 heterocycles. The van der Waals surface area contributed by atoms with Crippen LogP contribution in [0.3, 0.4) is 0 Å². The van der Waals surface area contributed by atoms with Gasteiger partial charge in [0, 0.05) is 18.6 Å². The molecule has 3 rings (SSSR count). The lowest BCUT2D eigenvalue weighted by Gasteiger charge is -2.27. The van der Waals surface area contributed by atoms with E-state index in [4.69, 9.17) is 0 Å².